The van der Waals surface area contributed by atoms with Crippen LogP contribution in [0.15, 0.2) is 29.2 Å². The van der Waals surface area contributed by atoms with Gasteiger partial charge in [0, 0.05) is 12.3 Å². The summed E-state index contributed by atoms with van der Waals surface area (Å²) in [4.78, 5) is 0.379. The van der Waals surface area contributed by atoms with Crippen molar-refractivity contribution in [2.45, 2.75) is 30.7 Å². The number of aryl methyl sites for hydroxylation is 1. The fourth-order valence-corrected chi connectivity index (χ4v) is 2.02. The molecule has 0 radical (unpaired) electrons. The van der Waals surface area contributed by atoms with E-state index >= 15 is 0 Å². The van der Waals surface area contributed by atoms with E-state index in [9.17, 15) is 8.42 Å². The molecule has 0 saturated heterocycles. The minimum Gasteiger partial charge on any atom is -0.328 e. The minimum absolute atomic E-state index is 0.145. The van der Waals surface area contributed by atoms with Crippen molar-refractivity contribution in [3.8, 4) is 0 Å². The number of hydrogen-bond donors (Lipinski definition) is 1. The van der Waals surface area contributed by atoms with Gasteiger partial charge in [0.1, 0.15) is 0 Å². The van der Waals surface area contributed by atoms with Crippen LogP contribution in [0.5, 0.6) is 0 Å². The maximum absolute atomic E-state index is 11.3. The van der Waals surface area contributed by atoms with Crippen molar-refractivity contribution in [3.63, 3.8) is 0 Å². The zero-order valence-corrected chi connectivity index (χ0v) is 9.92. The largest absolute Gasteiger partial charge is 0.328 e. The third-order valence-corrected chi connectivity index (χ3v) is 3.33. The molecular weight excluding hydrogens is 210 g/mol. The molecule has 1 atom stereocenters. The van der Waals surface area contributed by atoms with Crippen LogP contribution < -0.4 is 5.73 Å². The van der Waals surface area contributed by atoms with Gasteiger partial charge in [-0.3, -0.25) is 0 Å². The van der Waals surface area contributed by atoms with E-state index in [1.165, 1.54) is 6.26 Å². The van der Waals surface area contributed by atoms with E-state index in [2.05, 4.69) is 0 Å². The molecule has 15 heavy (non-hydrogen) atoms. The molecule has 1 rings (SSSR count). The molecule has 0 amide bonds. The second-order valence-electron chi connectivity index (χ2n) is 3.94. The summed E-state index contributed by atoms with van der Waals surface area (Å²) in [7, 11) is -3.10. The molecule has 0 heterocycles. The van der Waals surface area contributed by atoms with Gasteiger partial charge >= 0.3 is 0 Å². The van der Waals surface area contributed by atoms with Crippen molar-refractivity contribution in [1.29, 1.82) is 0 Å². The van der Waals surface area contributed by atoms with E-state index < -0.39 is 9.84 Å². The van der Waals surface area contributed by atoms with Gasteiger partial charge in [0.05, 0.1) is 4.90 Å². The Balaban J connectivity index is 2.84. The zero-order chi connectivity index (χ0) is 11.5. The van der Waals surface area contributed by atoms with Crippen LogP contribution in [0.25, 0.3) is 0 Å². The topological polar surface area (TPSA) is 60.2 Å². The highest BCUT2D eigenvalue weighted by molar-refractivity contribution is 7.90. The molecule has 3 nitrogen and oxygen atoms in total. The normalized spacial score (nSPS) is 13.8. The van der Waals surface area contributed by atoms with Crippen molar-refractivity contribution in [2.24, 2.45) is 5.73 Å². The van der Waals surface area contributed by atoms with E-state index in [0.717, 1.165) is 18.4 Å². The molecule has 0 aromatic heterocycles. The minimum atomic E-state index is -3.10. The first-order valence-electron chi connectivity index (χ1n) is 4.94. The average molecular weight is 227 g/mol. The SMILES string of the molecule is C[C@@H](N)CCc1cccc(S(C)(=O)=O)c1. The Hall–Kier alpha value is -0.870. The summed E-state index contributed by atoms with van der Waals surface area (Å²) in [6, 6.07) is 7.18. The molecule has 1 aromatic rings. The van der Waals surface area contributed by atoms with Crippen molar-refractivity contribution in [2.75, 3.05) is 6.26 Å². The predicted molar refractivity (Wildman–Crippen MR) is 61.5 cm³/mol. The third kappa shape index (κ3) is 4.01. The number of benzene rings is 1. The molecule has 2 N–H and O–H groups in total. The monoisotopic (exact) mass is 227 g/mol. The fraction of sp³-hybridized carbons (Fsp3) is 0.455. The fourth-order valence-electron chi connectivity index (χ4n) is 1.33. The third-order valence-electron chi connectivity index (χ3n) is 2.21. The maximum atomic E-state index is 11.3. The maximum Gasteiger partial charge on any atom is 0.175 e. The van der Waals surface area contributed by atoms with Gasteiger partial charge in [-0.15, -0.1) is 0 Å². The average Bonchev–Trinajstić information content (AvgIpc) is 2.14. The van der Waals surface area contributed by atoms with Crippen LogP contribution >= 0.6 is 0 Å². The second kappa shape index (κ2) is 4.77. The standard InChI is InChI=1S/C11H17NO2S/c1-9(12)6-7-10-4-3-5-11(8-10)15(2,13)14/h3-5,8-9H,6-7,12H2,1-2H3/t9-/m1/s1. The van der Waals surface area contributed by atoms with Gasteiger partial charge < -0.3 is 5.73 Å². The first-order chi connectivity index (χ1) is 6.89. The van der Waals surface area contributed by atoms with E-state index in [1.54, 1.807) is 18.2 Å². The molecule has 0 spiro atoms. The second-order valence-corrected chi connectivity index (χ2v) is 5.95. The summed E-state index contributed by atoms with van der Waals surface area (Å²) in [6.07, 6.45) is 2.91. The lowest BCUT2D eigenvalue weighted by Crippen LogP contribution is -2.15. The lowest BCUT2D eigenvalue weighted by Gasteiger charge is -2.06. The van der Waals surface area contributed by atoms with Gasteiger partial charge in [-0.25, -0.2) is 8.42 Å². The Morgan fingerprint density at radius 3 is 2.60 bits per heavy atom. The van der Waals surface area contributed by atoms with E-state index in [0.29, 0.717) is 4.90 Å². The summed E-state index contributed by atoms with van der Waals surface area (Å²) in [6.45, 7) is 1.94. The molecule has 0 bridgehead atoms. The molecule has 0 fully saturated rings. The highest BCUT2D eigenvalue weighted by atomic mass is 32.2. The van der Waals surface area contributed by atoms with Crippen LogP contribution in [-0.4, -0.2) is 20.7 Å². The van der Waals surface area contributed by atoms with E-state index in [-0.39, 0.29) is 6.04 Å². The Morgan fingerprint density at radius 2 is 2.07 bits per heavy atom. The van der Waals surface area contributed by atoms with Crippen LogP contribution in [0, 0.1) is 0 Å². The summed E-state index contributed by atoms with van der Waals surface area (Å²) < 4.78 is 22.6. The van der Waals surface area contributed by atoms with Crippen molar-refractivity contribution < 1.29 is 8.42 Å². The van der Waals surface area contributed by atoms with Gasteiger partial charge in [-0.1, -0.05) is 12.1 Å². The smallest absolute Gasteiger partial charge is 0.175 e. The van der Waals surface area contributed by atoms with Crippen LogP contribution in [0.4, 0.5) is 0 Å². The number of nitrogens with two attached hydrogens (primary N) is 1. The van der Waals surface area contributed by atoms with Crippen molar-refractivity contribution in [3.05, 3.63) is 29.8 Å². The van der Waals surface area contributed by atoms with Crippen LogP contribution in [-0.2, 0) is 16.3 Å². The van der Waals surface area contributed by atoms with Crippen molar-refractivity contribution >= 4 is 9.84 Å². The number of rotatable bonds is 4. The van der Waals surface area contributed by atoms with Crippen LogP contribution in [0.3, 0.4) is 0 Å². The first-order valence-corrected chi connectivity index (χ1v) is 6.83. The lowest BCUT2D eigenvalue weighted by molar-refractivity contribution is 0.601. The highest BCUT2D eigenvalue weighted by Crippen LogP contribution is 2.13. The molecule has 0 saturated carbocycles. The number of hydrogen-bond acceptors (Lipinski definition) is 3. The Bertz CT molecular complexity index is 424. The van der Waals surface area contributed by atoms with E-state index in [1.807, 2.05) is 13.0 Å². The van der Waals surface area contributed by atoms with Gasteiger partial charge in [-0.2, -0.15) is 0 Å². The molecule has 1 aromatic carbocycles. The Labute approximate surface area is 91.2 Å². The molecule has 0 aliphatic heterocycles. The van der Waals surface area contributed by atoms with Crippen LogP contribution in [0.1, 0.15) is 18.9 Å². The zero-order valence-electron chi connectivity index (χ0n) is 9.10. The van der Waals surface area contributed by atoms with Gasteiger partial charge in [0.25, 0.3) is 0 Å². The lowest BCUT2D eigenvalue weighted by atomic mass is 10.1. The molecular formula is C11H17NO2S. The quantitative estimate of drug-likeness (QED) is 0.845. The summed E-state index contributed by atoms with van der Waals surface area (Å²) in [5, 5.41) is 0. The predicted octanol–water partition coefficient (Wildman–Crippen LogP) is 1.37. The molecule has 4 heteroatoms. The molecule has 0 aliphatic carbocycles. The van der Waals surface area contributed by atoms with Crippen molar-refractivity contribution in [1.82, 2.24) is 0 Å². The molecule has 84 valence electrons. The Kier molecular flexibility index (Phi) is 3.88. The van der Waals surface area contributed by atoms with Gasteiger partial charge in [0.15, 0.2) is 9.84 Å². The summed E-state index contributed by atoms with van der Waals surface area (Å²) in [5.41, 5.74) is 6.67. The Morgan fingerprint density at radius 1 is 1.40 bits per heavy atom. The first kappa shape index (κ1) is 12.2. The van der Waals surface area contributed by atoms with Gasteiger partial charge in [0.2, 0.25) is 0 Å². The highest BCUT2D eigenvalue weighted by Gasteiger charge is 2.07. The summed E-state index contributed by atoms with van der Waals surface area (Å²) >= 11 is 0. The molecule has 0 aliphatic rings. The van der Waals surface area contributed by atoms with E-state index in [4.69, 9.17) is 5.73 Å². The number of sulfone groups is 1. The summed E-state index contributed by atoms with van der Waals surface area (Å²) in [5.74, 6) is 0. The molecule has 0 unspecified atom stereocenters. The van der Waals surface area contributed by atoms with Gasteiger partial charge in [-0.05, 0) is 37.5 Å². The van der Waals surface area contributed by atoms with Crippen LogP contribution in [0.2, 0.25) is 0 Å².